The molecule has 0 bridgehead atoms. The fraction of sp³-hybridized carbons (Fsp3) is 0.463. The number of ketones is 1. The van der Waals surface area contributed by atoms with Gasteiger partial charge >= 0.3 is 0 Å². The Kier molecular flexibility index (Phi) is 12.0. The first kappa shape index (κ1) is 36.7. The van der Waals surface area contributed by atoms with Crippen molar-refractivity contribution >= 4 is 27.3 Å². The summed E-state index contributed by atoms with van der Waals surface area (Å²) in [5.41, 5.74) is 8.43. The number of benzene rings is 3. The van der Waals surface area contributed by atoms with E-state index in [0.717, 1.165) is 24.1 Å². The van der Waals surface area contributed by atoms with Gasteiger partial charge in [-0.15, -0.1) is 34.9 Å². The van der Waals surface area contributed by atoms with E-state index in [1.807, 2.05) is 47.7 Å². The monoisotopic (exact) mass is 783 g/mol. The summed E-state index contributed by atoms with van der Waals surface area (Å²) in [4.78, 5) is 16.7. The van der Waals surface area contributed by atoms with Crippen molar-refractivity contribution in [3.05, 3.63) is 88.3 Å². The molecule has 45 heavy (non-hydrogen) atoms. The van der Waals surface area contributed by atoms with Gasteiger partial charge < -0.3 is 10.1 Å². The summed E-state index contributed by atoms with van der Waals surface area (Å²) >= 11 is 0. The quantitative estimate of drug-likeness (QED) is 0.0879. The molecular weight excluding hydrogens is 731 g/mol. The first-order valence-corrected chi connectivity index (χ1v) is 16.5. The van der Waals surface area contributed by atoms with Gasteiger partial charge in [-0.2, -0.15) is 0 Å². The van der Waals surface area contributed by atoms with Crippen molar-refractivity contribution in [3.8, 4) is 11.3 Å². The van der Waals surface area contributed by atoms with Crippen molar-refractivity contribution in [2.45, 2.75) is 114 Å². The third kappa shape index (κ3) is 8.13. The molecule has 0 saturated heterocycles. The van der Waals surface area contributed by atoms with E-state index in [-0.39, 0.29) is 42.5 Å². The summed E-state index contributed by atoms with van der Waals surface area (Å²) in [6.45, 7) is 20.5. The number of nitrogens with zero attached hydrogens (tertiary/aromatic N) is 1. The van der Waals surface area contributed by atoms with Crippen LogP contribution in [0.4, 0.5) is 0 Å². The SMILES string of the molecule is CCC(C)(C)C(=O)/C=C(\O)C(C)(C)CC.Cc1[c-]c(-c2nccc3cc(C(C)C)c4cc5c(cc4c23)CCCC5)cc(C)c1.[Ir]. The standard InChI is InChI=1S/C28H28N.C13H24O2.Ir/c1-17(2)24-16-22-9-10-29-28(23-12-18(3)11-19(4)13-23)27(22)26-15-21-8-6-5-7-20(21)14-25(24)26;1-7-12(3,4)10(14)9-11(15)13(5,6)8-2;/h9-12,14-17H,5-8H2,1-4H3;9,14H,7-8H2,1-6H3;/q-1;;/b;10-9-;. The number of allylic oxidation sites excluding steroid dienone is 2. The minimum Gasteiger partial charge on any atom is -0.512 e. The van der Waals surface area contributed by atoms with Gasteiger partial charge in [0, 0.05) is 43.2 Å². The van der Waals surface area contributed by atoms with Gasteiger partial charge in [-0.3, -0.25) is 4.79 Å². The molecule has 3 nitrogen and oxygen atoms in total. The molecule has 243 valence electrons. The number of aromatic nitrogens is 1. The predicted octanol–water partition coefficient (Wildman–Crippen LogP) is 11.3. The second-order valence-corrected chi connectivity index (χ2v) is 14.4. The summed E-state index contributed by atoms with van der Waals surface area (Å²) in [5.74, 6) is 0.688. The van der Waals surface area contributed by atoms with Crippen LogP contribution in [0.2, 0.25) is 0 Å². The Hall–Kier alpha value is -2.81. The van der Waals surface area contributed by atoms with Crippen molar-refractivity contribution in [1.82, 2.24) is 4.98 Å². The molecule has 4 heteroatoms. The van der Waals surface area contributed by atoms with Crippen molar-refractivity contribution in [1.29, 1.82) is 0 Å². The Morgan fingerprint density at radius 3 is 2.09 bits per heavy atom. The number of hydrogen-bond acceptors (Lipinski definition) is 3. The number of aliphatic hydroxyl groups is 1. The average molecular weight is 783 g/mol. The molecule has 1 aliphatic rings. The third-order valence-electron chi connectivity index (χ3n) is 9.78. The zero-order chi connectivity index (χ0) is 32.4. The van der Waals surface area contributed by atoms with Crippen LogP contribution in [-0.2, 0) is 37.7 Å². The molecular formula is C41H52IrNO2-. The summed E-state index contributed by atoms with van der Waals surface area (Å²) < 4.78 is 0. The second kappa shape index (κ2) is 14.7. The van der Waals surface area contributed by atoms with Crippen LogP contribution in [0.3, 0.4) is 0 Å². The molecule has 1 aromatic heterocycles. The maximum Gasteiger partial charge on any atom is 0.164 e. The molecule has 0 amide bonds. The second-order valence-electron chi connectivity index (χ2n) is 14.4. The van der Waals surface area contributed by atoms with Crippen molar-refractivity contribution in [2.24, 2.45) is 10.8 Å². The predicted molar refractivity (Wildman–Crippen MR) is 188 cm³/mol. The van der Waals surface area contributed by atoms with Gasteiger partial charge in [0.1, 0.15) is 5.76 Å². The molecule has 5 rings (SSSR count). The fourth-order valence-electron chi connectivity index (χ4n) is 5.93. The van der Waals surface area contributed by atoms with Crippen LogP contribution in [0.25, 0.3) is 32.8 Å². The van der Waals surface area contributed by atoms with Crippen molar-refractivity contribution in [3.63, 3.8) is 0 Å². The van der Waals surface area contributed by atoms with Gasteiger partial charge in [0.15, 0.2) is 5.78 Å². The van der Waals surface area contributed by atoms with E-state index in [4.69, 9.17) is 4.98 Å². The van der Waals surface area contributed by atoms with Crippen molar-refractivity contribution < 1.29 is 30.0 Å². The van der Waals surface area contributed by atoms with Gasteiger partial charge in [0.2, 0.25) is 0 Å². The summed E-state index contributed by atoms with van der Waals surface area (Å²) in [5, 5.41) is 15.2. The van der Waals surface area contributed by atoms with Crippen LogP contribution in [-0.4, -0.2) is 15.9 Å². The van der Waals surface area contributed by atoms with Crippen LogP contribution in [0, 0.1) is 30.7 Å². The van der Waals surface area contributed by atoms with Crippen LogP contribution in [0.15, 0.2) is 54.4 Å². The number of aliphatic hydroxyl groups excluding tert-OH is 1. The molecule has 1 heterocycles. The van der Waals surface area contributed by atoms with E-state index in [1.165, 1.54) is 75.6 Å². The largest absolute Gasteiger partial charge is 0.512 e. The number of hydrogen-bond donors (Lipinski definition) is 1. The summed E-state index contributed by atoms with van der Waals surface area (Å²) in [6.07, 6.45) is 9.97. The van der Waals surface area contributed by atoms with Gasteiger partial charge in [-0.05, 0) is 94.4 Å². The van der Waals surface area contributed by atoms with Crippen molar-refractivity contribution in [2.75, 3.05) is 0 Å². The zero-order valence-corrected chi connectivity index (χ0v) is 31.5. The number of rotatable bonds is 7. The van der Waals surface area contributed by atoms with E-state index >= 15 is 0 Å². The normalized spacial score (nSPS) is 13.7. The number of carbonyl (C=O) groups is 1. The van der Waals surface area contributed by atoms with E-state index in [2.05, 4.69) is 70.2 Å². The number of aryl methyl sites for hydroxylation is 4. The third-order valence-corrected chi connectivity index (χ3v) is 9.78. The number of fused-ring (bicyclic) bond motifs is 4. The molecule has 0 spiro atoms. The van der Waals surface area contributed by atoms with E-state index in [9.17, 15) is 9.90 Å². The van der Waals surface area contributed by atoms with Gasteiger partial charge in [-0.1, -0.05) is 87.4 Å². The molecule has 0 fully saturated rings. The number of pyridine rings is 1. The topological polar surface area (TPSA) is 50.2 Å². The van der Waals surface area contributed by atoms with E-state index < -0.39 is 0 Å². The summed E-state index contributed by atoms with van der Waals surface area (Å²) in [6, 6.07) is 17.5. The van der Waals surface area contributed by atoms with Crippen LogP contribution >= 0.6 is 0 Å². The average Bonchev–Trinajstić information content (AvgIpc) is 2.98. The molecule has 1 aliphatic carbocycles. The first-order chi connectivity index (χ1) is 20.7. The van der Waals surface area contributed by atoms with Crippen LogP contribution in [0.5, 0.6) is 0 Å². The van der Waals surface area contributed by atoms with E-state index in [0.29, 0.717) is 5.92 Å². The molecule has 1 radical (unpaired) electrons. The Labute approximate surface area is 285 Å². The molecule has 0 aliphatic heterocycles. The Morgan fingerprint density at radius 1 is 0.933 bits per heavy atom. The number of carbonyl (C=O) groups excluding carboxylic acids is 1. The van der Waals surface area contributed by atoms with Crippen LogP contribution < -0.4 is 0 Å². The molecule has 0 atom stereocenters. The minimum absolute atomic E-state index is 0. The Balaban J connectivity index is 0.000000297. The minimum atomic E-state index is -0.377. The Bertz CT molecular complexity index is 1690. The molecule has 4 aromatic rings. The molecule has 0 unspecified atom stereocenters. The maximum absolute atomic E-state index is 11.8. The molecule has 0 saturated carbocycles. The van der Waals surface area contributed by atoms with Gasteiger partial charge in [0.25, 0.3) is 0 Å². The maximum atomic E-state index is 11.8. The zero-order valence-electron chi connectivity index (χ0n) is 29.1. The fourth-order valence-corrected chi connectivity index (χ4v) is 5.93. The van der Waals surface area contributed by atoms with E-state index in [1.54, 1.807) is 5.56 Å². The molecule has 1 N–H and O–H groups in total. The Morgan fingerprint density at radius 2 is 1.53 bits per heavy atom. The van der Waals surface area contributed by atoms with Crippen LogP contribution in [0.1, 0.15) is 115 Å². The molecule has 3 aromatic carbocycles. The van der Waals surface area contributed by atoms with Gasteiger partial charge in [-0.25, -0.2) is 0 Å². The summed E-state index contributed by atoms with van der Waals surface area (Å²) in [7, 11) is 0. The first-order valence-electron chi connectivity index (χ1n) is 16.5. The van der Waals surface area contributed by atoms with Gasteiger partial charge in [0.05, 0.1) is 0 Å². The smallest absolute Gasteiger partial charge is 0.164 e.